The number of nitrogens with one attached hydrogen (secondary N) is 1. The molecule has 8 nitrogen and oxygen atoms in total. The molecule has 1 heterocycles. The molecule has 0 spiro atoms. The van der Waals surface area contributed by atoms with Crippen LogP contribution in [0.2, 0.25) is 0 Å². The van der Waals surface area contributed by atoms with E-state index in [0.717, 1.165) is 21.9 Å². The van der Waals surface area contributed by atoms with Gasteiger partial charge in [0.05, 0.1) is 5.56 Å². The van der Waals surface area contributed by atoms with Gasteiger partial charge in [0.25, 0.3) is 15.9 Å². The van der Waals surface area contributed by atoms with E-state index in [2.05, 4.69) is 5.32 Å². The van der Waals surface area contributed by atoms with Crippen molar-refractivity contribution in [2.24, 2.45) is 0 Å². The summed E-state index contributed by atoms with van der Waals surface area (Å²) in [6, 6.07) is 12.9. The summed E-state index contributed by atoms with van der Waals surface area (Å²) >= 11 is 0. The average molecular weight is 500 g/mol. The summed E-state index contributed by atoms with van der Waals surface area (Å²) in [6.07, 6.45) is 0.924. The fourth-order valence-electron chi connectivity index (χ4n) is 4.12. The molecule has 0 saturated heterocycles. The lowest BCUT2D eigenvalue weighted by Crippen LogP contribution is -2.51. The lowest BCUT2D eigenvalue weighted by molar-refractivity contribution is -0.141. The van der Waals surface area contributed by atoms with Crippen LogP contribution in [0.15, 0.2) is 53.4 Å². The Balaban J connectivity index is 1.84. The van der Waals surface area contributed by atoms with Gasteiger partial charge in [-0.2, -0.15) is 0 Å². The first-order valence-corrected chi connectivity index (χ1v) is 13.4. The van der Waals surface area contributed by atoms with Crippen LogP contribution in [0, 0.1) is 6.92 Å². The molecule has 2 atom stereocenters. The standard InChI is InChI=1S/C26H33N3O5S/c1-5-19(4)27-25(31)22(6-2)28(17-20-12-8-7-11-18(20)3)24(30)15-16-29-26(32)21-13-9-10-14-23(21)35(29,33)34/h7-14,19,22H,5-6,15-17H2,1-4H3,(H,27,31)/t19-,22+/m0/s1. The highest BCUT2D eigenvalue weighted by molar-refractivity contribution is 7.90. The Morgan fingerprint density at radius 2 is 1.69 bits per heavy atom. The molecule has 0 fully saturated rings. The largest absolute Gasteiger partial charge is 0.352 e. The Bertz CT molecular complexity index is 1210. The minimum Gasteiger partial charge on any atom is -0.352 e. The van der Waals surface area contributed by atoms with Crippen LogP contribution in [0.3, 0.4) is 0 Å². The van der Waals surface area contributed by atoms with Crippen molar-refractivity contribution in [3.05, 3.63) is 65.2 Å². The van der Waals surface area contributed by atoms with E-state index >= 15 is 0 Å². The molecule has 0 radical (unpaired) electrons. The van der Waals surface area contributed by atoms with E-state index in [9.17, 15) is 22.8 Å². The zero-order valence-corrected chi connectivity index (χ0v) is 21.5. The van der Waals surface area contributed by atoms with Crippen LogP contribution < -0.4 is 5.32 Å². The molecular formula is C26H33N3O5S. The number of nitrogens with zero attached hydrogens (tertiary/aromatic N) is 2. The van der Waals surface area contributed by atoms with Gasteiger partial charge in [0.1, 0.15) is 10.9 Å². The van der Waals surface area contributed by atoms with Crippen LogP contribution in [0.4, 0.5) is 0 Å². The maximum atomic E-state index is 13.5. The maximum Gasteiger partial charge on any atom is 0.269 e. The van der Waals surface area contributed by atoms with E-state index in [-0.39, 0.29) is 41.9 Å². The lowest BCUT2D eigenvalue weighted by atomic mass is 10.1. The van der Waals surface area contributed by atoms with Gasteiger partial charge in [-0.3, -0.25) is 14.4 Å². The molecule has 35 heavy (non-hydrogen) atoms. The molecule has 188 valence electrons. The molecule has 2 aromatic rings. The topological polar surface area (TPSA) is 104 Å². The number of hydrogen-bond donors (Lipinski definition) is 1. The van der Waals surface area contributed by atoms with E-state index in [1.54, 1.807) is 12.1 Å². The Morgan fingerprint density at radius 1 is 1.03 bits per heavy atom. The highest BCUT2D eigenvalue weighted by atomic mass is 32.2. The third-order valence-corrected chi connectivity index (χ3v) is 8.27. The average Bonchev–Trinajstić information content (AvgIpc) is 3.03. The number of sulfonamides is 1. The second-order valence-corrected chi connectivity index (χ2v) is 10.6. The summed E-state index contributed by atoms with van der Waals surface area (Å²) in [7, 11) is -4.01. The fraction of sp³-hybridized carbons (Fsp3) is 0.423. The first kappa shape index (κ1) is 26.4. The van der Waals surface area contributed by atoms with Crippen molar-refractivity contribution < 1.29 is 22.8 Å². The summed E-state index contributed by atoms with van der Waals surface area (Å²) in [5.41, 5.74) is 1.99. The summed E-state index contributed by atoms with van der Waals surface area (Å²) in [4.78, 5) is 40.7. The minimum atomic E-state index is -4.01. The zero-order chi connectivity index (χ0) is 25.8. The molecular weight excluding hydrogens is 466 g/mol. The molecule has 1 aliphatic rings. The monoisotopic (exact) mass is 499 g/mol. The number of rotatable bonds is 10. The van der Waals surface area contributed by atoms with Gasteiger partial charge in [0.2, 0.25) is 11.8 Å². The molecule has 3 rings (SSSR count). The van der Waals surface area contributed by atoms with Gasteiger partial charge >= 0.3 is 0 Å². The Morgan fingerprint density at radius 3 is 2.31 bits per heavy atom. The normalized spacial score (nSPS) is 15.9. The predicted molar refractivity (Wildman–Crippen MR) is 133 cm³/mol. The molecule has 0 aromatic heterocycles. The van der Waals surface area contributed by atoms with Gasteiger partial charge in [-0.1, -0.05) is 50.2 Å². The number of carbonyl (C=O) groups is 3. The molecule has 0 unspecified atom stereocenters. The van der Waals surface area contributed by atoms with Crippen molar-refractivity contribution in [3.63, 3.8) is 0 Å². The molecule has 2 aromatic carbocycles. The van der Waals surface area contributed by atoms with E-state index in [1.807, 2.05) is 52.0 Å². The van der Waals surface area contributed by atoms with Gasteiger partial charge in [-0.25, -0.2) is 12.7 Å². The number of carbonyl (C=O) groups excluding carboxylic acids is 3. The quantitative estimate of drug-likeness (QED) is 0.540. The number of aryl methyl sites for hydroxylation is 1. The zero-order valence-electron chi connectivity index (χ0n) is 20.7. The van der Waals surface area contributed by atoms with Gasteiger partial charge < -0.3 is 10.2 Å². The first-order chi connectivity index (χ1) is 16.6. The molecule has 0 aliphatic carbocycles. The number of amides is 3. The molecule has 1 N–H and O–H groups in total. The van der Waals surface area contributed by atoms with Crippen molar-refractivity contribution >= 4 is 27.7 Å². The third kappa shape index (κ3) is 5.56. The van der Waals surface area contributed by atoms with Crippen LogP contribution in [-0.4, -0.2) is 54.0 Å². The highest BCUT2D eigenvalue weighted by Gasteiger charge is 2.41. The summed E-state index contributed by atoms with van der Waals surface area (Å²) in [5.74, 6) is -1.28. The van der Waals surface area contributed by atoms with Crippen molar-refractivity contribution in [2.75, 3.05) is 6.54 Å². The second kappa shape index (κ2) is 11.0. The van der Waals surface area contributed by atoms with E-state index in [4.69, 9.17) is 0 Å². The summed E-state index contributed by atoms with van der Waals surface area (Å²) in [5, 5.41) is 2.95. The van der Waals surface area contributed by atoms with E-state index < -0.39 is 27.9 Å². The molecule has 0 bridgehead atoms. The predicted octanol–water partition coefficient (Wildman–Crippen LogP) is 3.25. The number of benzene rings is 2. The van der Waals surface area contributed by atoms with Crippen molar-refractivity contribution in [3.8, 4) is 0 Å². The summed E-state index contributed by atoms with van der Waals surface area (Å²) in [6.45, 7) is 7.56. The van der Waals surface area contributed by atoms with Crippen LogP contribution >= 0.6 is 0 Å². The van der Waals surface area contributed by atoms with Gasteiger partial charge in [-0.05, 0) is 49.9 Å². The number of fused-ring (bicyclic) bond motifs is 1. The molecule has 1 aliphatic heterocycles. The minimum absolute atomic E-state index is 0.0437. The smallest absolute Gasteiger partial charge is 0.269 e. The van der Waals surface area contributed by atoms with Gasteiger partial charge in [0.15, 0.2) is 0 Å². The van der Waals surface area contributed by atoms with Crippen LogP contribution in [0.5, 0.6) is 0 Å². The SMILES string of the molecule is CC[C@H](C(=O)N[C@@H](C)CC)N(Cc1ccccc1C)C(=O)CCN1C(=O)c2ccccc2S1(=O)=O. The molecule has 0 saturated carbocycles. The summed E-state index contributed by atoms with van der Waals surface area (Å²) < 4.78 is 26.5. The van der Waals surface area contributed by atoms with Gasteiger partial charge in [-0.15, -0.1) is 0 Å². The highest BCUT2D eigenvalue weighted by Crippen LogP contribution is 2.30. The lowest BCUT2D eigenvalue weighted by Gasteiger charge is -2.32. The second-order valence-electron chi connectivity index (χ2n) is 8.82. The Labute approximate surface area is 207 Å². The fourth-order valence-corrected chi connectivity index (χ4v) is 5.69. The molecule has 3 amide bonds. The Hall–Kier alpha value is -3.20. The van der Waals surface area contributed by atoms with Crippen molar-refractivity contribution in [1.29, 1.82) is 0 Å². The molecule has 9 heteroatoms. The number of hydrogen-bond acceptors (Lipinski definition) is 5. The van der Waals surface area contributed by atoms with Crippen LogP contribution in [0.25, 0.3) is 0 Å². The van der Waals surface area contributed by atoms with Crippen molar-refractivity contribution in [1.82, 2.24) is 14.5 Å². The van der Waals surface area contributed by atoms with Crippen molar-refractivity contribution in [2.45, 2.75) is 70.5 Å². The maximum absolute atomic E-state index is 13.5. The van der Waals surface area contributed by atoms with E-state index in [1.165, 1.54) is 17.0 Å². The Kier molecular flexibility index (Phi) is 8.32. The van der Waals surface area contributed by atoms with E-state index in [0.29, 0.717) is 6.42 Å². The van der Waals surface area contributed by atoms with Crippen LogP contribution in [-0.2, 0) is 26.2 Å². The third-order valence-electron chi connectivity index (χ3n) is 6.43. The van der Waals surface area contributed by atoms with Crippen LogP contribution in [0.1, 0.15) is 61.5 Å². The van der Waals surface area contributed by atoms with Gasteiger partial charge in [0, 0.05) is 25.6 Å². The first-order valence-electron chi connectivity index (χ1n) is 11.9.